The van der Waals surface area contributed by atoms with Crippen LogP contribution < -0.4 is 0 Å². The van der Waals surface area contributed by atoms with Gasteiger partial charge in [-0.15, -0.1) is 0 Å². The van der Waals surface area contributed by atoms with Crippen molar-refractivity contribution in [3.05, 3.63) is 0 Å². The highest BCUT2D eigenvalue weighted by Crippen LogP contribution is 2.03. The summed E-state index contributed by atoms with van der Waals surface area (Å²) in [6, 6.07) is 0. The van der Waals surface area contributed by atoms with Gasteiger partial charge in [0.25, 0.3) is 0 Å². The van der Waals surface area contributed by atoms with E-state index in [2.05, 4.69) is 0 Å². The van der Waals surface area contributed by atoms with E-state index in [0.29, 0.717) is 330 Å². The van der Waals surface area contributed by atoms with Crippen LogP contribution in [0.4, 0.5) is 0 Å². The first-order valence-electron chi connectivity index (χ1n) is 28.4. The minimum atomic E-state index is 0.0166. The monoisotopic (exact) mass is 1210 g/mol. The number of hydrogen-bond donors (Lipinski definition) is 2. The topological polar surface area (TPSA) is 280 Å². The predicted octanol–water partition coefficient (Wildman–Crippen LogP) is -0.0342. The highest BCUT2D eigenvalue weighted by Gasteiger charge is 2.01. The molecule has 0 saturated carbocycles. The molecule has 81 heavy (non-hydrogen) atoms. The molecule has 0 aromatic heterocycles. The third kappa shape index (κ3) is 79.2. The molecule has 488 valence electrons. The van der Waals surface area contributed by atoms with Crippen LogP contribution in [0.1, 0.15) is 0 Å². The lowest BCUT2D eigenvalue weighted by Gasteiger charge is -2.09. The lowest BCUT2D eigenvalue weighted by molar-refractivity contribution is -0.0288. The van der Waals surface area contributed by atoms with Crippen molar-refractivity contribution < 1.29 is 132 Å². The smallest absolute Gasteiger partial charge is 0.158 e. The SMILES string of the molecule is OCCOCCOCCOCCOCCOCCOCCOCCOCCOCCOCCOCCOCCOSOCCOCCOCCOCCOCCOCCOCCOCCOCCOCCOCCOCCOCCO. The fourth-order valence-electron chi connectivity index (χ4n) is 5.46. The van der Waals surface area contributed by atoms with Gasteiger partial charge in [0.15, 0.2) is 12.3 Å². The Morgan fingerprint density at radius 3 is 0.309 bits per heavy atom. The molecule has 0 saturated heterocycles. The molecule has 0 fully saturated rings. The van der Waals surface area contributed by atoms with Crippen LogP contribution in [-0.2, 0) is 122 Å². The van der Waals surface area contributed by atoms with E-state index in [0.717, 1.165) is 12.3 Å². The molecule has 28 nitrogen and oxygen atoms in total. The summed E-state index contributed by atoms with van der Waals surface area (Å²) in [4.78, 5) is 0. The van der Waals surface area contributed by atoms with Crippen LogP contribution in [0, 0.1) is 0 Å². The van der Waals surface area contributed by atoms with Crippen LogP contribution in [0.15, 0.2) is 0 Å². The Hall–Kier alpha value is -0.770. The molecule has 0 radical (unpaired) electrons. The van der Waals surface area contributed by atoms with Crippen molar-refractivity contribution >= 4 is 12.3 Å². The van der Waals surface area contributed by atoms with Crippen molar-refractivity contribution in [1.82, 2.24) is 0 Å². The molecular weight excluding hydrogens is 1100 g/mol. The average Bonchev–Trinajstić information content (AvgIpc) is 3.48. The predicted molar refractivity (Wildman–Crippen MR) is 293 cm³/mol. The van der Waals surface area contributed by atoms with Crippen molar-refractivity contribution in [3.63, 3.8) is 0 Å². The molecule has 0 bridgehead atoms. The largest absolute Gasteiger partial charge is 0.394 e. The maximum absolute atomic E-state index is 8.61. The third-order valence-corrected chi connectivity index (χ3v) is 9.90. The Balaban J connectivity index is 3.08. The average molecular weight is 1210 g/mol. The van der Waals surface area contributed by atoms with Crippen molar-refractivity contribution in [2.24, 2.45) is 0 Å². The van der Waals surface area contributed by atoms with E-state index in [1.165, 1.54) is 0 Å². The van der Waals surface area contributed by atoms with E-state index < -0.39 is 0 Å². The first-order chi connectivity index (χ1) is 40.4. The van der Waals surface area contributed by atoms with Gasteiger partial charge in [0.2, 0.25) is 0 Å². The maximum atomic E-state index is 8.61. The minimum Gasteiger partial charge on any atom is -0.394 e. The second-order valence-corrected chi connectivity index (χ2v) is 16.5. The van der Waals surface area contributed by atoms with Crippen LogP contribution in [0.5, 0.6) is 0 Å². The Labute approximate surface area is 486 Å². The molecule has 0 unspecified atom stereocenters. The highest BCUT2D eigenvalue weighted by molar-refractivity contribution is 7.89. The van der Waals surface area contributed by atoms with Crippen molar-refractivity contribution in [1.29, 1.82) is 0 Å². The van der Waals surface area contributed by atoms with Gasteiger partial charge in [0.05, 0.1) is 344 Å². The first-order valence-corrected chi connectivity index (χ1v) is 29.1. The number of aliphatic hydroxyl groups is 2. The van der Waals surface area contributed by atoms with E-state index in [4.69, 9.17) is 132 Å². The first kappa shape index (κ1) is 80.2. The van der Waals surface area contributed by atoms with E-state index >= 15 is 0 Å². The fraction of sp³-hybridized carbons (Fsp3) is 1.00. The zero-order chi connectivity index (χ0) is 57.9. The van der Waals surface area contributed by atoms with E-state index in [9.17, 15) is 0 Å². The van der Waals surface area contributed by atoms with E-state index in [1.54, 1.807) is 0 Å². The van der Waals surface area contributed by atoms with Crippen LogP contribution >= 0.6 is 12.3 Å². The molecule has 0 atom stereocenters. The molecule has 0 aliphatic rings. The second-order valence-electron chi connectivity index (χ2n) is 15.9. The Morgan fingerprint density at radius 2 is 0.210 bits per heavy atom. The van der Waals surface area contributed by atoms with Crippen molar-refractivity contribution in [2.75, 3.05) is 344 Å². The fourth-order valence-corrected chi connectivity index (χ4v) is 5.80. The molecule has 0 aromatic carbocycles. The molecule has 2 N–H and O–H groups in total. The van der Waals surface area contributed by atoms with Gasteiger partial charge in [-0.25, -0.2) is 0 Å². The number of ether oxygens (including phenoxy) is 24. The van der Waals surface area contributed by atoms with Crippen LogP contribution in [0.25, 0.3) is 0 Å². The molecule has 0 aliphatic carbocycles. The molecular formula is C52H106O28S. The molecule has 29 heteroatoms. The quantitative estimate of drug-likeness (QED) is 0.0597. The van der Waals surface area contributed by atoms with Gasteiger partial charge in [-0.2, -0.15) is 0 Å². The second kappa shape index (κ2) is 79.2. The Morgan fingerprint density at radius 1 is 0.123 bits per heavy atom. The standard InChI is InChI=1S/C52H106O28S/c53-1-3-55-5-7-57-9-11-59-13-15-61-17-19-63-21-23-65-25-27-67-29-31-69-33-35-71-37-39-73-41-43-75-45-47-77-49-51-79-81-80-52-50-78-48-46-76-44-42-74-40-38-72-36-34-70-32-30-68-28-26-66-24-22-64-20-18-62-16-14-60-12-10-58-8-6-56-4-2-54/h53-54H,1-52H2. The van der Waals surface area contributed by atoms with Crippen molar-refractivity contribution in [2.45, 2.75) is 0 Å². The van der Waals surface area contributed by atoms with Gasteiger partial charge >= 0.3 is 0 Å². The summed E-state index contributed by atoms with van der Waals surface area (Å²) in [6.07, 6.45) is 0. The van der Waals surface area contributed by atoms with Crippen molar-refractivity contribution in [3.8, 4) is 0 Å². The lowest BCUT2D eigenvalue weighted by Crippen LogP contribution is -2.15. The summed E-state index contributed by atoms with van der Waals surface area (Å²) in [6.45, 7) is 23.5. The maximum Gasteiger partial charge on any atom is 0.158 e. The van der Waals surface area contributed by atoms with Gasteiger partial charge in [-0.1, -0.05) is 0 Å². The van der Waals surface area contributed by atoms with Gasteiger partial charge < -0.3 is 124 Å². The zero-order valence-electron chi connectivity index (χ0n) is 48.7. The summed E-state index contributed by atoms with van der Waals surface area (Å²) in [5.74, 6) is 0. The third-order valence-electron chi connectivity index (χ3n) is 9.37. The molecule has 0 spiro atoms. The highest BCUT2D eigenvalue weighted by atomic mass is 32.2. The number of rotatable bonds is 78. The van der Waals surface area contributed by atoms with Gasteiger partial charge in [0, 0.05) is 0 Å². The Kier molecular flexibility index (Phi) is 78.5. The van der Waals surface area contributed by atoms with E-state index in [-0.39, 0.29) is 13.2 Å². The van der Waals surface area contributed by atoms with Gasteiger partial charge in [-0.3, -0.25) is 8.37 Å². The minimum absolute atomic E-state index is 0.0166. The van der Waals surface area contributed by atoms with Crippen LogP contribution in [0.3, 0.4) is 0 Å². The molecule has 0 heterocycles. The summed E-state index contributed by atoms with van der Waals surface area (Å²) >= 11 is 0.914. The van der Waals surface area contributed by atoms with Gasteiger partial charge in [0.1, 0.15) is 0 Å². The molecule has 0 aromatic rings. The lowest BCUT2D eigenvalue weighted by atomic mass is 10.6. The Bertz CT molecular complexity index is 1000. The van der Waals surface area contributed by atoms with Gasteiger partial charge in [-0.05, 0) is 0 Å². The number of hydrogen-bond acceptors (Lipinski definition) is 29. The summed E-state index contributed by atoms with van der Waals surface area (Å²) in [5, 5.41) is 17.2. The van der Waals surface area contributed by atoms with E-state index in [1.807, 2.05) is 0 Å². The number of aliphatic hydroxyl groups excluding tert-OH is 2. The van der Waals surface area contributed by atoms with Crippen LogP contribution in [-0.4, -0.2) is 354 Å². The normalized spacial score (nSPS) is 11.8. The van der Waals surface area contributed by atoms with Crippen LogP contribution in [0.2, 0.25) is 0 Å². The summed E-state index contributed by atoms with van der Waals surface area (Å²) in [7, 11) is 0. The zero-order valence-corrected chi connectivity index (χ0v) is 49.5. The molecule has 0 aliphatic heterocycles. The summed E-state index contributed by atoms with van der Waals surface area (Å²) < 4.78 is 141. The summed E-state index contributed by atoms with van der Waals surface area (Å²) in [5.41, 5.74) is 0. The molecule has 0 amide bonds. The molecule has 0 rings (SSSR count).